The van der Waals surface area contributed by atoms with Gasteiger partial charge in [-0.1, -0.05) is 64.0 Å². The van der Waals surface area contributed by atoms with Crippen molar-refractivity contribution in [2.45, 2.75) is 96.5 Å². The van der Waals surface area contributed by atoms with Gasteiger partial charge in [0.2, 0.25) is 0 Å². The molecule has 0 amide bonds. The van der Waals surface area contributed by atoms with E-state index in [1.54, 1.807) is 0 Å². The minimum Gasteiger partial charge on any atom is -1.00 e. The summed E-state index contributed by atoms with van der Waals surface area (Å²) in [6.45, 7) is 2.20. The first-order valence-corrected chi connectivity index (χ1v) is 8.71. The van der Waals surface area contributed by atoms with Gasteiger partial charge in [-0.15, -0.1) is 0 Å². The van der Waals surface area contributed by atoms with Crippen molar-refractivity contribution >= 4 is 54.9 Å². The second-order valence-electron chi connectivity index (χ2n) is 5.91. The van der Waals surface area contributed by atoms with E-state index in [9.17, 15) is 9.90 Å². The van der Waals surface area contributed by atoms with E-state index in [0.717, 1.165) is 51.4 Å². The molecule has 2 N–H and O–H groups in total. The number of hydrogen-bond donors (Lipinski definition) is 2. The summed E-state index contributed by atoms with van der Waals surface area (Å²) >= 11 is 0. The molecule has 0 aromatic rings. The fourth-order valence-electron chi connectivity index (χ4n) is 2.36. The monoisotopic (exact) mass is 438 g/mol. The van der Waals surface area contributed by atoms with E-state index in [4.69, 9.17) is 5.11 Å². The first-order valence-electron chi connectivity index (χ1n) is 8.71. The van der Waals surface area contributed by atoms with Crippen LogP contribution >= 0.6 is 0 Å². The summed E-state index contributed by atoms with van der Waals surface area (Å²) in [7, 11) is 0. The summed E-state index contributed by atoms with van der Waals surface area (Å²) in [6, 6.07) is 0. The van der Waals surface area contributed by atoms with Crippen molar-refractivity contribution < 1.29 is 17.9 Å². The van der Waals surface area contributed by atoms with Crippen LogP contribution in [0, 0.1) is 0 Å². The Bertz CT molecular complexity index is 277. The Morgan fingerprint density at radius 1 is 1.00 bits per heavy atom. The third-order valence-corrected chi connectivity index (χ3v) is 3.73. The maximum Gasteiger partial charge on any atom is 2.00 e. The smallest absolute Gasteiger partial charge is 1.00 e. The molecule has 0 aliphatic heterocycles. The van der Waals surface area contributed by atoms with Crippen LogP contribution in [0.3, 0.4) is 0 Å². The Kier molecular flexibility index (Phi) is 22.5. The van der Waals surface area contributed by atoms with Crippen molar-refractivity contribution in [3.05, 3.63) is 12.2 Å². The van der Waals surface area contributed by atoms with Crippen LogP contribution in [0.4, 0.5) is 0 Å². The number of aliphatic carboxylic acids is 1. The van der Waals surface area contributed by atoms with E-state index in [2.05, 4.69) is 19.1 Å². The average molecular weight is 438 g/mol. The van der Waals surface area contributed by atoms with Crippen LogP contribution < -0.4 is 0 Å². The van der Waals surface area contributed by atoms with Gasteiger partial charge in [-0.3, -0.25) is 4.79 Å². The van der Waals surface area contributed by atoms with E-state index in [1.807, 2.05) is 0 Å². The van der Waals surface area contributed by atoms with E-state index in [-0.39, 0.29) is 57.8 Å². The molecule has 0 heterocycles. The molecule has 0 spiro atoms. The van der Waals surface area contributed by atoms with Gasteiger partial charge < -0.3 is 13.1 Å². The maximum atomic E-state index is 10.3. The van der Waals surface area contributed by atoms with E-state index in [0.29, 0.717) is 6.42 Å². The van der Waals surface area contributed by atoms with Crippen LogP contribution in [0.25, 0.3) is 0 Å². The van der Waals surface area contributed by atoms with Crippen molar-refractivity contribution in [1.29, 1.82) is 0 Å². The minimum atomic E-state index is -0.689. The quantitative estimate of drug-likeness (QED) is 0.217. The summed E-state index contributed by atoms with van der Waals surface area (Å²) in [5.41, 5.74) is 0. The predicted molar refractivity (Wildman–Crippen MR) is 96.5 cm³/mol. The molecule has 0 rings (SSSR count). The molecule has 4 heteroatoms. The van der Waals surface area contributed by atoms with Gasteiger partial charge in [0.25, 0.3) is 0 Å². The molecule has 0 aromatic heterocycles. The van der Waals surface area contributed by atoms with E-state index >= 15 is 0 Å². The number of hydrogen-bond acceptors (Lipinski definition) is 2. The van der Waals surface area contributed by atoms with Crippen LogP contribution in [0.2, 0.25) is 0 Å². The van der Waals surface area contributed by atoms with Crippen molar-refractivity contribution in [2.24, 2.45) is 0 Å². The molecule has 128 valence electrons. The fourth-order valence-corrected chi connectivity index (χ4v) is 2.36. The third kappa shape index (κ3) is 20.7. The Balaban J connectivity index is -0.000000667. The number of rotatable bonds is 15. The van der Waals surface area contributed by atoms with Crippen molar-refractivity contribution in [3.63, 3.8) is 0 Å². The number of unbranched alkanes of at least 4 members (excludes halogenated alkanes) is 8. The normalized spacial score (nSPS) is 12.3. The molecule has 22 heavy (non-hydrogen) atoms. The van der Waals surface area contributed by atoms with Gasteiger partial charge in [0.1, 0.15) is 0 Å². The zero-order chi connectivity index (χ0) is 15.8. The van der Waals surface area contributed by atoms with Crippen LogP contribution in [0.1, 0.15) is 93.2 Å². The second-order valence-corrected chi connectivity index (χ2v) is 5.91. The largest absolute Gasteiger partial charge is 2.00 e. The first-order chi connectivity index (χ1) is 10.2. The van der Waals surface area contributed by atoms with Gasteiger partial charge in [0.15, 0.2) is 0 Å². The fraction of sp³-hybridized carbons (Fsp3) is 0.833. The van der Waals surface area contributed by atoms with Gasteiger partial charge >= 0.3 is 54.9 Å². The van der Waals surface area contributed by atoms with Crippen LogP contribution in [0.15, 0.2) is 12.2 Å². The van der Waals surface area contributed by atoms with Crippen molar-refractivity contribution in [3.8, 4) is 0 Å². The number of aliphatic hydroxyl groups excluding tert-OH is 1. The number of aliphatic hydroxyl groups is 1. The molecule has 1 atom stereocenters. The van der Waals surface area contributed by atoms with Gasteiger partial charge in [-0.2, -0.15) is 0 Å². The van der Waals surface area contributed by atoms with Crippen molar-refractivity contribution in [1.82, 2.24) is 0 Å². The molecule has 0 aliphatic rings. The summed E-state index contributed by atoms with van der Waals surface area (Å²) in [6.07, 6.45) is 17.4. The molecule has 0 radical (unpaired) electrons. The Labute approximate surface area is 180 Å². The Morgan fingerprint density at radius 3 is 2.32 bits per heavy atom. The van der Waals surface area contributed by atoms with E-state index < -0.39 is 5.97 Å². The van der Waals surface area contributed by atoms with Crippen LogP contribution in [0.5, 0.6) is 0 Å². The van der Waals surface area contributed by atoms with E-state index in [1.165, 1.54) is 25.7 Å². The Morgan fingerprint density at radius 2 is 1.64 bits per heavy atom. The van der Waals surface area contributed by atoms with Gasteiger partial charge in [-0.25, -0.2) is 0 Å². The molecular weight excluding hydrogens is 402 g/mol. The standard InChI is InChI=1S/C18H34O3.Ba.2H/c1-2-3-4-11-14-17(19)15-12-9-7-5-6-8-10-13-16-18(20)21;;;/h9,12,17,19H,2-8,10-11,13-16H2,1H3,(H,20,21);;;/q;+2;2*-1/b12-9-;;;/t17-;;;/m1.../s1. The number of carboxylic acid groups (broad SMARTS) is 1. The molecule has 0 saturated carbocycles. The van der Waals surface area contributed by atoms with Gasteiger partial charge in [-0.05, 0) is 32.1 Å². The zero-order valence-electron chi connectivity index (χ0n) is 16.4. The maximum absolute atomic E-state index is 10.3. The number of carbonyl (C=O) groups is 1. The summed E-state index contributed by atoms with van der Waals surface area (Å²) < 4.78 is 0. The molecule has 0 aromatic carbocycles. The number of allylic oxidation sites excluding steroid dienone is 1. The van der Waals surface area contributed by atoms with Gasteiger partial charge in [0.05, 0.1) is 6.10 Å². The second kappa shape index (κ2) is 19.8. The molecule has 0 fully saturated rings. The molecule has 3 nitrogen and oxygen atoms in total. The average Bonchev–Trinajstić information content (AvgIpc) is 2.45. The van der Waals surface area contributed by atoms with Gasteiger partial charge in [0, 0.05) is 6.42 Å². The molecule has 0 saturated heterocycles. The van der Waals surface area contributed by atoms with Crippen LogP contribution in [-0.4, -0.2) is 71.2 Å². The first kappa shape index (κ1) is 25.0. The zero-order valence-corrected chi connectivity index (χ0v) is 18.9. The molecule has 0 aliphatic carbocycles. The molecule has 0 bridgehead atoms. The summed E-state index contributed by atoms with van der Waals surface area (Å²) in [4.78, 5) is 10.3. The predicted octanol–water partition coefficient (Wildman–Crippen LogP) is 4.92. The third-order valence-electron chi connectivity index (χ3n) is 3.73. The minimum absolute atomic E-state index is 0. The molecular formula is C18H36BaO3. The SMILES string of the molecule is CCCCCC[C@@H](O)C/C=C\CCCCCCCC(=O)O.[Ba+2].[H-].[H-]. The summed E-state index contributed by atoms with van der Waals surface area (Å²) in [5.74, 6) is -0.689. The topological polar surface area (TPSA) is 57.5 Å². The molecule has 0 unspecified atom stereocenters. The van der Waals surface area contributed by atoms with Crippen molar-refractivity contribution in [2.75, 3.05) is 0 Å². The summed E-state index contributed by atoms with van der Waals surface area (Å²) in [5, 5.41) is 18.3. The Hall–Kier alpha value is 0.741. The number of carboxylic acids is 1. The van der Waals surface area contributed by atoms with Crippen LogP contribution in [-0.2, 0) is 4.79 Å².